The molecule has 0 atom stereocenters. The lowest BCUT2D eigenvalue weighted by Crippen LogP contribution is -2.20. The van der Waals surface area contributed by atoms with Crippen LogP contribution >= 0.6 is 23.6 Å². The molecule has 0 saturated heterocycles. The van der Waals surface area contributed by atoms with Gasteiger partial charge in [0.25, 0.3) is 0 Å². The minimum Gasteiger partial charge on any atom is -0.465 e. The predicted molar refractivity (Wildman–Crippen MR) is 119 cm³/mol. The number of benzene rings is 1. The fraction of sp³-hybridized carbons (Fsp3) is 0.300. The zero-order valence-corrected chi connectivity index (χ0v) is 18.6. The fourth-order valence-corrected chi connectivity index (χ4v) is 3.87. The second-order valence-electron chi connectivity index (χ2n) is 6.04. The highest BCUT2D eigenvalue weighted by molar-refractivity contribution is 7.80. The SMILES string of the molecule is CCCOC(=O)c1ccc(NC(=S)Nc2sc(C(=O)OC)c(C)c2C(=O)OC)cc1. The Hall–Kier alpha value is -2.98. The zero-order valence-electron chi connectivity index (χ0n) is 17.0. The molecule has 1 heterocycles. The summed E-state index contributed by atoms with van der Waals surface area (Å²) in [6.45, 7) is 3.92. The molecule has 0 radical (unpaired) electrons. The Morgan fingerprint density at radius 1 is 1.00 bits per heavy atom. The number of hydrogen-bond acceptors (Lipinski definition) is 8. The molecule has 0 fully saturated rings. The van der Waals surface area contributed by atoms with Crippen molar-refractivity contribution in [1.29, 1.82) is 0 Å². The summed E-state index contributed by atoms with van der Waals surface area (Å²) in [4.78, 5) is 36.3. The van der Waals surface area contributed by atoms with Crippen molar-refractivity contribution < 1.29 is 28.6 Å². The molecule has 0 aliphatic carbocycles. The van der Waals surface area contributed by atoms with Gasteiger partial charge in [-0.3, -0.25) is 0 Å². The molecular formula is C20H22N2O6S2. The number of carbonyl (C=O) groups excluding carboxylic acids is 3. The van der Waals surface area contributed by atoms with Gasteiger partial charge in [-0.15, -0.1) is 11.3 Å². The van der Waals surface area contributed by atoms with Gasteiger partial charge in [-0.25, -0.2) is 14.4 Å². The minimum absolute atomic E-state index is 0.194. The molecule has 2 rings (SSSR count). The van der Waals surface area contributed by atoms with E-state index in [9.17, 15) is 14.4 Å². The van der Waals surface area contributed by atoms with E-state index < -0.39 is 17.9 Å². The molecule has 1 aromatic carbocycles. The van der Waals surface area contributed by atoms with Crippen molar-refractivity contribution in [1.82, 2.24) is 0 Å². The lowest BCUT2D eigenvalue weighted by molar-refractivity contribution is 0.0503. The van der Waals surface area contributed by atoms with Gasteiger partial charge in [0.15, 0.2) is 5.11 Å². The monoisotopic (exact) mass is 450 g/mol. The quantitative estimate of drug-likeness (QED) is 0.368. The summed E-state index contributed by atoms with van der Waals surface area (Å²) in [5, 5.41) is 6.43. The van der Waals surface area contributed by atoms with Crippen LogP contribution < -0.4 is 10.6 Å². The number of esters is 3. The largest absolute Gasteiger partial charge is 0.465 e. The second-order valence-corrected chi connectivity index (χ2v) is 7.46. The van der Waals surface area contributed by atoms with E-state index in [0.29, 0.717) is 28.4 Å². The van der Waals surface area contributed by atoms with Gasteiger partial charge in [0.05, 0.1) is 32.0 Å². The van der Waals surface area contributed by atoms with Crippen molar-refractivity contribution in [2.24, 2.45) is 0 Å². The maximum absolute atomic E-state index is 12.2. The molecule has 0 amide bonds. The number of carbonyl (C=O) groups is 3. The summed E-state index contributed by atoms with van der Waals surface area (Å²) in [5.74, 6) is -1.55. The van der Waals surface area contributed by atoms with Crippen molar-refractivity contribution in [3.8, 4) is 0 Å². The normalized spacial score (nSPS) is 10.1. The van der Waals surface area contributed by atoms with E-state index >= 15 is 0 Å². The molecule has 0 unspecified atom stereocenters. The number of thiocarbonyl (C=S) groups is 1. The predicted octanol–water partition coefficient (Wildman–Crippen LogP) is 4.01. The first kappa shape index (κ1) is 23.3. The first-order valence-electron chi connectivity index (χ1n) is 8.97. The molecule has 2 N–H and O–H groups in total. The molecule has 1 aromatic heterocycles. The molecule has 8 nitrogen and oxygen atoms in total. The molecular weight excluding hydrogens is 428 g/mol. The highest BCUT2D eigenvalue weighted by atomic mass is 32.1. The summed E-state index contributed by atoms with van der Waals surface area (Å²) < 4.78 is 14.7. The van der Waals surface area contributed by atoms with Crippen LogP contribution in [0.1, 0.15) is 49.3 Å². The molecule has 0 spiro atoms. The summed E-state index contributed by atoms with van der Waals surface area (Å²) >= 11 is 6.35. The van der Waals surface area contributed by atoms with Crippen molar-refractivity contribution in [3.05, 3.63) is 45.8 Å². The van der Waals surface area contributed by atoms with Crippen molar-refractivity contribution >= 4 is 57.3 Å². The fourth-order valence-electron chi connectivity index (χ4n) is 2.47. The third-order valence-electron chi connectivity index (χ3n) is 3.95. The van der Waals surface area contributed by atoms with Gasteiger partial charge in [-0.1, -0.05) is 6.92 Å². The van der Waals surface area contributed by atoms with Crippen LogP contribution in [0.25, 0.3) is 0 Å². The lowest BCUT2D eigenvalue weighted by atomic mass is 10.1. The lowest BCUT2D eigenvalue weighted by Gasteiger charge is -2.11. The van der Waals surface area contributed by atoms with E-state index in [1.54, 1.807) is 31.2 Å². The standard InChI is InChI=1S/C20H22N2O6S2/c1-5-10-28-17(23)12-6-8-13(9-7-12)21-20(29)22-16-14(18(24)26-3)11(2)15(30-16)19(25)27-4/h6-9H,5,10H2,1-4H3,(H2,21,22,29). The van der Waals surface area contributed by atoms with E-state index in [-0.39, 0.29) is 15.6 Å². The number of hydrogen-bond donors (Lipinski definition) is 2. The topological polar surface area (TPSA) is 103 Å². The molecule has 2 aromatic rings. The Morgan fingerprint density at radius 3 is 2.20 bits per heavy atom. The number of nitrogens with one attached hydrogen (secondary N) is 2. The zero-order chi connectivity index (χ0) is 22.3. The first-order valence-corrected chi connectivity index (χ1v) is 10.2. The number of ether oxygens (including phenoxy) is 3. The summed E-state index contributed by atoms with van der Waals surface area (Å²) in [6.07, 6.45) is 0.749. The molecule has 0 bridgehead atoms. The van der Waals surface area contributed by atoms with Gasteiger partial charge < -0.3 is 24.8 Å². The van der Waals surface area contributed by atoms with Gasteiger partial charge in [0.2, 0.25) is 0 Å². The molecule has 30 heavy (non-hydrogen) atoms. The van der Waals surface area contributed by atoms with Crippen LogP contribution in [0.4, 0.5) is 10.7 Å². The third-order valence-corrected chi connectivity index (χ3v) is 5.34. The molecule has 0 saturated carbocycles. The number of anilines is 2. The van der Waals surface area contributed by atoms with E-state index in [4.69, 9.17) is 26.4 Å². The summed E-state index contributed by atoms with van der Waals surface area (Å²) in [6, 6.07) is 6.59. The van der Waals surface area contributed by atoms with Gasteiger partial charge >= 0.3 is 17.9 Å². The highest BCUT2D eigenvalue weighted by Gasteiger charge is 2.26. The van der Waals surface area contributed by atoms with E-state index in [2.05, 4.69) is 10.6 Å². The molecule has 0 aliphatic rings. The van der Waals surface area contributed by atoms with E-state index in [0.717, 1.165) is 17.8 Å². The average Bonchev–Trinajstić information content (AvgIpc) is 3.06. The Labute approximate surface area is 183 Å². The van der Waals surface area contributed by atoms with Crippen LogP contribution in [0.3, 0.4) is 0 Å². The summed E-state index contributed by atoms with van der Waals surface area (Å²) in [5.41, 5.74) is 1.71. The molecule has 160 valence electrons. The summed E-state index contributed by atoms with van der Waals surface area (Å²) in [7, 11) is 2.52. The van der Waals surface area contributed by atoms with E-state index in [1.807, 2.05) is 6.92 Å². The Bertz CT molecular complexity index is 953. The van der Waals surface area contributed by atoms with Crippen LogP contribution in [0.2, 0.25) is 0 Å². The van der Waals surface area contributed by atoms with Crippen LogP contribution in [0, 0.1) is 6.92 Å². The number of methoxy groups -OCH3 is 2. The highest BCUT2D eigenvalue weighted by Crippen LogP contribution is 2.34. The number of rotatable bonds is 7. The number of thiophene rings is 1. The minimum atomic E-state index is -0.598. The van der Waals surface area contributed by atoms with Crippen LogP contribution in [-0.4, -0.2) is 43.8 Å². The maximum atomic E-state index is 12.2. The Morgan fingerprint density at radius 2 is 1.63 bits per heavy atom. The first-order chi connectivity index (χ1) is 14.3. The van der Waals surface area contributed by atoms with Crippen molar-refractivity contribution in [2.75, 3.05) is 31.5 Å². The van der Waals surface area contributed by atoms with Crippen LogP contribution in [0.15, 0.2) is 24.3 Å². The van der Waals surface area contributed by atoms with Crippen molar-refractivity contribution in [3.63, 3.8) is 0 Å². The van der Waals surface area contributed by atoms with Gasteiger partial charge in [0, 0.05) is 5.69 Å². The maximum Gasteiger partial charge on any atom is 0.348 e. The van der Waals surface area contributed by atoms with Gasteiger partial charge in [-0.2, -0.15) is 0 Å². The van der Waals surface area contributed by atoms with Crippen LogP contribution in [0.5, 0.6) is 0 Å². The average molecular weight is 451 g/mol. The Kier molecular flexibility index (Phi) is 8.31. The van der Waals surface area contributed by atoms with Crippen molar-refractivity contribution in [2.45, 2.75) is 20.3 Å². The van der Waals surface area contributed by atoms with Crippen LogP contribution in [-0.2, 0) is 14.2 Å². The van der Waals surface area contributed by atoms with E-state index in [1.165, 1.54) is 14.2 Å². The smallest absolute Gasteiger partial charge is 0.348 e. The Balaban J connectivity index is 2.15. The van der Waals surface area contributed by atoms with Gasteiger partial charge in [-0.05, 0) is 55.4 Å². The van der Waals surface area contributed by atoms with Gasteiger partial charge in [0.1, 0.15) is 9.88 Å². The second kappa shape index (κ2) is 10.7. The molecule has 10 heteroatoms. The molecule has 0 aliphatic heterocycles. The third kappa shape index (κ3) is 5.55.